The summed E-state index contributed by atoms with van der Waals surface area (Å²) in [6.45, 7) is 4.05. The molecule has 1 saturated heterocycles. The summed E-state index contributed by atoms with van der Waals surface area (Å²) in [7, 11) is 0. The molecule has 0 spiro atoms. The highest BCUT2D eigenvalue weighted by molar-refractivity contribution is 5.59. The van der Waals surface area contributed by atoms with Crippen LogP contribution in [0.4, 0.5) is 17.3 Å². The van der Waals surface area contributed by atoms with Gasteiger partial charge in [-0.25, -0.2) is 9.97 Å². The van der Waals surface area contributed by atoms with E-state index in [-0.39, 0.29) is 0 Å². The summed E-state index contributed by atoms with van der Waals surface area (Å²) < 4.78 is 0. The van der Waals surface area contributed by atoms with Crippen molar-refractivity contribution in [3.63, 3.8) is 0 Å². The molecule has 3 heterocycles. The van der Waals surface area contributed by atoms with Gasteiger partial charge in [-0.3, -0.25) is 0 Å². The Morgan fingerprint density at radius 2 is 2.00 bits per heavy atom. The molecule has 0 unspecified atom stereocenters. The average Bonchev–Trinajstić information content (AvgIpc) is 2.56. The van der Waals surface area contributed by atoms with Crippen LogP contribution in [0.15, 0.2) is 30.5 Å². The Morgan fingerprint density at radius 1 is 1.18 bits per heavy atom. The van der Waals surface area contributed by atoms with E-state index in [2.05, 4.69) is 26.3 Å². The molecule has 1 N–H and O–H groups in total. The van der Waals surface area contributed by atoms with Crippen LogP contribution in [-0.4, -0.2) is 23.1 Å². The fraction of sp³-hybridized carbons (Fsp3) is 0.353. The fourth-order valence-electron chi connectivity index (χ4n) is 2.72. The van der Waals surface area contributed by atoms with Crippen molar-refractivity contribution in [1.82, 2.24) is 9.97 Å². The van der Waals surface area contributed by atoms with Gasteiger partial charge in [-0.15, -0.1) is 0 Å². The largest absolute Gasteiger partial charge is 0.357 e. The Labute approximate surface area is 130 Å². The zero-order valence-corrected chi connectivity index (χ0v) is 12.7. The monoisotopic (exact) mass is 293 g/mol. The van der Waals surface area contributed by atoms with Crippen molar-refractivity contribution in [3.8, 4) is 6.07 Å². The van der Waals surface area contributed by atoms with E-state index in [1.807, 2.05) is 25.3 Å². The van der Waals surface area contributed by atoms with E-state index in [1.54, 1.807) is 12.1 Å². The second-order valence-electron chi connectivity index (χ2n) is 5.57. The van der Waals surface area contributed by atoms with Crippen LogP contribution in [0.2, 0.25) is 0 Å². The third-order valence-electron chi connectivity index (χ3n) is 3.78. The summed E-state index contributed by atoms with van der Waals surface area (Å²) in [5.74, 6) is 1.70. The maximum atomic E-state index is 9.01. The molecule has 3 rings (SSSR count). The Bertz CT molecular complexity index is 681. The van der Waals surface area contributed by atoms with Gasteiger partial charge in [0.25, 0.3) is 0 Å². The first-order valence-electron chi connectivity index (χ1n) is 7.61. The van der Waals surface area contributed by atoms with Crippen LogP contribution in [0.1, 0.15) is 30.5 Å². The number of hydrogen-bond donors (Lipinski definition) is 1. The van der Waals surface area contributed by atoms with E-state index in [1.165, 1.54) is 19.3 Å². The normalized spacial score (nSPS) is 14.5. The number of piperidine rings is 1. The summed E-state index contributed by atoms with van der Waals surface area (Å²) in [6, 6.07) is 9.70. The Balaban J connectivity index is 1.73. The topological polar surface area (TPSA) is 64.8 Å². The first kappa shape index (κ1) is 14.3. The predicted molar refractivity (Wildman–Crippen MR) is 87.3 cm³/mol. The van der Waals surface area contributed by atoms with Crippen molar-refractivity contribution >= 4 is 17.3 Å². The Morgan fingerprint density at radius 3 is 2.68 bits per heavy atom. The van der Waals surface area contributed by atoms with E-state index < -0.39 is 0 Å². The molecule has 0 radical (unpaired) electrons. The second-order valence-corrected chi connectivity index (χ2v) is 5.57. The summed E-state index contributed by atoms with van der Waals surface area (Å²) >= 11 is 0. The standard InChI is InChI=1S/C17H19N5/c1-13-9-14(11-18)10-16(20-13)21-15-5-6-17(19-12-15)22-7-3-2-4-8-22/h5-6,9-10,12H,2-4,7-8H2,1H3,(H,20,21). The first-order valence-corrected chi connectivity index (χ1v) is 7.61. The van der Waals surface area contributed by atoms with Crippen LogP contribution >= 0.6 is 0 Å². The van der Waals surface area contributed by atoms with E-state index >= 15 is 0 Å². The van der Waals surface area contributed by atoms with Gasteiger partial charge in [-0.1, -0.05) is 0 Å². The minimum Gasteiger partial charge on any atom is -0.357 e. The molecule has 0 bridgehead atoms. The highest BCUT2D eigenvalue weighted by Crippen LogP contribution is 2.21. The number of nitrogens with one attached hydrogen (secondary N) is 1. The van der Waals surface area contributed by atoms with Gasteiger partial charge in [0.2, 0.25) is 0 Å². The van der Waals surface area contributed by atoms with Gasteiger partial charge in [0.15, 0.2) is 0 Å². The first-order chi connectivity index (χ1) is 10.7. The highest BCUT2D eigenvalue weighted by Gasteiger charge is 2.11. The van der Waals surface area contributed by atoms with E-state index in [9.17, 15) is 0 Å². The molecule has 1 aliphatic rings. The average molecular weight is 293 g/mol. The Hall–Kier alpha value is -2.61. The third-order valence-corrected chi connectivity index (χ3v) is 3.78. The van der Waals surface area contributed by atoms with Crippen molar-refractivity contribution < 1.29 is 0 Å². The molecule has 22 heavy (non-hydrogen) atoms. The van der Waals surface area contributed by atoms with Crippen molar-refractivity contribution in [2.24, 2.45) is 0 Å². The SMILES string of the molecule is Cc1cc(C#N)cc(Nc2ccc(N3CCCCC3)nc2)n1. The molecule has 1 aliphatic heterocycles. The molecule has 0 atom stereocenters. The fourth-order valence-corrected chi connectivity index (χ4v) is 2.72. The predicted octanol–water partition coefficient (Wildman–Crippen LogP) is 3.39. The van der Waals surface area contributed by atoms with Gasteiger partial charge in [0.1, 0.15) is 11.6 Å². The summed E-state index contributed by atoms with van der Waals surface area (Å²) in [5, 5.41) is 12.2. The Kier molecular flexibility index (Phi) is 4.19. The summed E-state index contributed by atoms with van der Waals surface area (Å²) in [4.78, 5) is 11.2. The van der Waals surface area contributed by atoms with Crippen LogP contribution in [0, 0.1) is 18.3 Å². The highest BCUT2D eigenvalue weighted by atomic mass is 15.2. The number of anilines is 3. The molecule has 0 aromatic carbocycles. The van der Waals surface area contributed by atoms with Gasteiger partial charge in [0, 0.05) is 18.8 Å². The molecule has 5 nitrogen and oxygen atoms in total. The minimum atomic E-state index is 0.605. The second kappa shape index (κ2) is 6.44. The molecule has 2 aromatic rings. The smallest absolute Gasteiger partial charge is 0.131 e. The van der Waals surface area contributed by atoms with Crippen LogP contribution < -0.4 is 10.2 Å². The molecule has 1 fully saturated rings. The number of aromatic nitrogens is 2. The number of aryl methyl sites for hydroxylation is 1. The van der Waals surface area contributed by atoms with Crippen molar-refractivity contribution in [2.45, 2.75) is 26.2 Å². The molecule has 2 aromatic heterocycles. The van der Waals surface area contributed by atoms with Crippen LogP contribution in [-0.2, 0) is 0 Å². The molecule has 112 valence electrons. The number of nitriles is 1. The van der Waals surface area contributed by atoms with E-state index in [0.717, 1.165) is 30.3 Å². The molecule has 5 heteroatoms. The molecule has 0 saturated carbocycles. The summed E-state index contributed by atoms with van der Waals surface area (Å²) in [5.41, 5.74) is 2.30. The maximum absolute atomic E-state index is 9.01. The van der Waals surface area contributed by atoms with Crippen LogP contribution in [0.3, 0.4) is 0 Å². The van der Waals surface area contributed by atoms with E-state index in [4.69, 9.17) is 5.26 Å². The summed E-state index contributed by atoms with van der Waals surface area (Å²) in [6.07, 6.45) is 5.62. The quantitative estimate of drug-likeness (QED) is 0.939. The lowest BCUT2D eigenvalue weighted by Gasteiger charge is -2.27. The van der Waals surface area contributed by atoms with Crippen LogP contribution in [0.25, 0.3) is 0 Å². The number of pyridine rings is 2. The molecular formula is C17H19N5. The van der Waals surface area contributed by atoms with Gasteiger partial charge >= 0.3 is 0 Å². The molecule has 0 aliphatic carbocycles. The van der Waals surface area contributed by atoms with E-state index in [0.29, 0.717) is 11.4 Å². The van der Waals surface area contributed by atoms with Crippen molar-refractivity contribution in [2.75, 3.05) is 23.3 Å². The lowest BCUT2D eigenvalue weighted by molar-refractivity contribution is 0.573. The lowest BCUT2D eigenvalue weighted by atomic mass is 10.1. The number of rotatable bonds is 3. The van der Waals surface area contributed by atoms with Crippen LogP contribution in [0.5, 0.6) is 0 Å². The molecular weight excluding hydrogens is 274 g/mol. The maximum Gasteiger partial charge on any atom is 0.131 e. The minimum absolute atomic E-state index is 0.605. The van der Waals surface area contributed by atoms with Crippen molar-refractivity contribution in [3.05, 3.63) is 41.7 Å². The van der Waals surface area contributed by atoms with Gasteiger partial charge in [0.05, 0.1) is 23.5 Å². The number of hydrogen-bond acceptors (Lipinski definition) is 5. The third kappa shape index (κ3) is 3.34. The van der Waals surface area contributed by atoms with Gasteiger partial charge in [-0.05, 0) is 50.5 Å². The lowest BCUT2D eigenvalue weighted by Crippen LogP contribution is -2.29. The zero-order valence-electron chi connectivity index (χ0n) is 12.7. The molecule has 0 amide bonds. The zero-order chi connectivity index (χ0) is 15.4. The van der Waals surface area contributed by atoms with Crippen molar-refractivity contribution in [1.29, 1.82) is 5.26 Å². The van der Waals surface area contributed by atoms with Gasteiger partial charge in [-0.2, -0.15) is 5.26 Å². The number of nitrogens with zero attached hydrogens (tertiary/aromatic N) is 4. The van der Waals surface area contributed by atoms with Gasteiger partial charge < -0.3 is 10.2 Å².